The van der Waals surface area contributed by atoms with Gasteiger partial charge < -0.3 is 5.32 Å². The highest BCUT2D eigenvalue weighted by Gasteiger charge is 2.32. The molecule has 2 nitrogen and oxygen atoms in total. The zero-order valence-electron chi connectivity index (χ0n) is 13.1. The molecule has 0 saturated heterocycles. The predicted molar refractivity (Wildman–Crippen MR) is 87.2 cm³/mol. The third kappa shape index (κ3) is 2.86. The van der Waals surface area contributed by atoms with Gasteiger partial charge in [0.15, 0.2) is 0 Å². The van der Waals surface area contributed by atoms with Gasteiger partial charge in [-0.15, -0.1) is 0 Å². The molecular formula is C19H24N2. The molecule has 2 atom stereocenters. The first-order chi connectivity index (χ1) is 10.1. The molecule has 2 aromatic rings. The normalized spacial score (nSPS) is 21.6. The largest absolute Gasteiger partial charge is 0.303 e. The Bertz CT molecular complexity index is 604. The van der Waals surface area contributed by atoms with Gasteiger partial charge in [-0.1, -0.05) is 44.2 Å². The van der Waals surface area contributed by atoms with E-state index in [-0.39, 0.29) is 5.41 Å². The van der Waals surface area contributed by atoms with Crippen LogP contribution in [-0.4, -0.2) is 4.98 Å². The Balaban J connectivity index is 1.84. The number of rotatable bonds is 3. The molecule has 1 heterocycles. The van der Waals surface area contributed by atoms with Crippen LogP contribution >= 0.6 is 0 Å². The van der Waals surface area contributed by atoms with Gasteiger partial charge in [0.05, 0.1) is 0 Å². The first-order valence-electron chi connectivity index (χ1n) is 7.83. The topological polar surface area (TPSA) is 24.9 Å². The number of pyridine rings is 1. The fraction of sp³-hybridized carbons (Fsp3) is 0.421. The highest BCUT2D eigenvalue weighted by atomic mass is 15.0. The third-order valence-electron chi connectivity index (χ3n) is 4.76. The second-order valence-corrected chi connectivity index (χ2v) is 6.74. The van der Waals surface area contributed by atoms with Crippen LogP contribution in [0.4, 0.5) is 0 Å². The number of hydrogen-bond acceptors (Lipinski definition) is 2. The molecule has 0 fully saturated rings. The fourth-order valence-electron chi connectivity index (χ4n) is 3.42. The van der Waals surface area contributed by atoms with Crippen LogP contribution in [0.3, 0.4) is 0 Å². The summed E-state index contributed by atoms with van der Waals surface area (Å²) >= 11 is 0. The van der Waals surface area contributed by atoms with Gasteiger partial charge in [-0.3, -0.25) is 4.98 Å². The van der Waals surface area contributed by atoms with Gasteiger partial charge >= 0.3 is 0 Å². The number of nitrogens with zero attached hydrogens (tertiary/aromatic N) is 1. The monoisotopic (exact) mass is 280 g/mol. The fourth-order valence-corrected chi connectivity index (χ4v) is 3.42. The van der Waals surface area contributed by atoms with Crippen molar-refractivity contribution in [3.8, 4) is 0 Å². The maximum Gasteiger partial charge on any atom is 0.0328 e. The van der Waals surface area contributed by atoms with E-state index < -0.39 is 0 Å². The Hall–Kier alpha value is -1.67. The molecule has 0 saturated carbocycles. The Labute approximate surface area is 127 Å². The Morgan fingerprint density at radius 2 is 2.00 bits per heavy atom. The summed E-state index contributed by atoms with van der Waals surface area (Å²) in [6, 6.07) is 13.8. The van der Waals surface area contributed by atoms with E-state index in [0.717, 1.165) is 0 Å². The van der Waals surface area contributed by atoms with Crippen molar-refractivity contribution in [1.29, 1.82) is 0 Å². The molecule has 0 bridgehead atoms. The predicted octanol–water partition coefficient (Wildman–Crippen LogP) is 4.54. The van der Waals surface area contributed by atoms with Crippen LogP contribution in [-0.2, 0) is 5.41 Å². The number of aromatic nitrogens is 1. The molecule has 0 spiro atoms. The molecule has 21 heavy (non-hydrogen) atoms. The van der Waals surface area contributed by atoms with Crippen LogP contribution in [0.1, 0.15) is 62.4 Å². The summed E-state index contributed by atoms with van der Waals surface area (Å²) in [7, 11) is 0. The van der Waals surface area contributed by atoms with Gasteiger partial charge in [-0.25, -0.2) is 0 Å². The molecule has 3 rings (SSSR count). The van der Waals surface area contributed by atoms with Crippen molar-refractivity contribution < 1.29 is 0 Å². The van der Waals surface area contributed by atoms with Gasteiger partial charge in [0.1, 0.15) is 0 Å². The average molecular weight is 280 g/mol. The summed E-state index contributed by atoms with van der Waals surface area (Å²) < 4.78 is 0. The minimum atomic E-state index is 0.284. The zero-order valence-corrected chi connectivity index (χ0v) is 13.1. The highest BCUT2D eigenvalue weighted by Crippen LogP contribution is 2.42. The first-order valence-corrected chi connectivity index (χ1v) is 7.83. The number of nitrogens with one attached hydrogen (secondary N) is 1. The van der Waals surface area contributed by atoms with Crippen molar-refractivity contribution in [2.24, 2.45) is 0 Å². The molecule has 1 aliphatic carbocycles. The van der Waals surface area contributed by atoms with E-state index in [1.807, 2.05) is 18.5 Å². The van der Waals surface area contributed by atoms with Crippen LogP contribution < -0.4 is 5.32 Å². The lowest BCUT2D eigenvalue weighted by Crippen LogP contribution is -2.33. The number of fused-ring (bicyclic) bond motifs is 1. The summed E-state index contributed by atoms with van der Waals surface area (Å²) in [6.07, 6.45) is 6.20. The quantitative estimate of drug-likeness (QED) is 0.892. The molecule has 110 valence electrons. The standard InChI is InChI=1S/C19H24N2/c1-14(15-7-6-12-20-13-15)21-18-10-11-19(2,3)17-9-5-4-8-16(17)18/h4-9,12-14,18,21H,10-11H2,1-3H3/t14-,18?/m0/s1. The van der Waals surface area contributed by atoms with Crippen molar-refractivity contribution in [3.63, 3.8) is 0 Å². The Morgan fingerprint density at radius 1 is 1.19 bits per heavy atom. The lowest BCUT2D eigenvalue weighted by Gasteiger charge is -2.38. The van der Waals surface area contributed by atoms with E-state index in [9.17, 15) is 0 Å². The molecular weight excluding hydrogens is 256 g/mol. The summed E-state index contributed by atoms with van der Waals surface area (Å²) in [4.78, 5) is 4.23. The van der Waals surface area contributed by atoms with Crippen LogP contribution in [0.15, 0.2) is 48.8 Å². The van der Waals surface area contributed by atoms with Gasteiger partial charge in [0.25, 0.3) is 0 Å². The van der Waals surface area contributed by atoms with E-state index >= 15 is 0 Å². The first kappa shape index (κ1) is 14.3. The Morgan fingerprint density at radius 3 is 2.76 bits per heavy atom. The highest BCUT2D eigenvalue weighted by molar-refractivity contribution is 5.38. The van der Waals surface area contributed by atoms with Crippen molar-refractivity contribution in [2.45, 2.75) is 51.1 Å². The summed E-state index contributed by atoms with van der Waals surface area (Å²) in [5, 5.41) is 3.79. The van der Waals surface area contributed by atoms with Gasteiger partial charge in [-0.05, 0) is 47.9 Å². The smallest absolute Gasteiger partial charge is 0.0328 e. The molecule has 1 aliphatic rings. The molecule has 1 aromatic heterocycles. The number of hydrogen-bond donors (Lipinski definition) is 1. The SMILES string of the molecule is C[C@H](NC1CCC(C)(C)c2ccccc21)c1cccnc1. The van der Waals surface area contributed by atoms with E-state index in [1.165, 1.54) is 29.5 Å². The molecule has 1 aromatic carbocycles. The summed E-state index contributed by atoms with van der Waals surface area (Å²) in [6.45, 7) is 6.93. The van der Waals surface area contributed by atoms with Crippen LogP contribution in [0.25, 0.3) is 0 Å². The van der Waals surface area contributed by atoms with E-state index in [1.54, 1.807) is 0 Å². The molecule has 2 heteroatoms. The average Bonchev–Trinajstić information content (AvgIpc) is 2.51. The van der Waals surface area contributed by atoms with Crippen molar-refractivity contribution in [3.05, 3.63) is 65.5 Å². The van der Waals surface area contributed by atoms with Crippen molar-refractivity contribution >= 4 is 0 Å². The van der Waals surface area contributed by atoms with E-state index in [4.69, 9.17) is 0 Å². The maximum absolute atomic E-state index is 4.23. The van der Waals surface area contributed by atoms with Crippen LogP contribution in [0.2, 0.25) is 0 Å². The lowest BCUT2D eigenvalue weighted by molar-refractivity contribution is 0.340. The van der Waals surface area contributed by atoms with Gasteiger partial charge in [-0.2, -0.15) is 0 Å². The van der Waals surface area contributed by atoms with Crippen LogP contribution in [0.5, 0.6) is 0 Å². The Kier molecular flexibility index (Phi) is 3.81. The molecule has 1 unspecified atom stereocenters. The molecule has 1 N–H and O–H groups in total. The molecule has 0 radical (unpaired) electrons. The minimum absolute atomic E-state index is 0.284. The zero-order chi connectivity index (χ0) is 14.9. The summed E-state index contributed by atoms with van der Waals surface area (Å²) in [5.74, 6) is 0. The lowest BCUT2D eigenvalue weighted by atomic mass is 9.71. The van der Waals surface area contributed by atoms with Gasteiger partial charge in [0, 0.05) is 24.5 Å². The number of benzene rings is 1. The van der Waals surface area contributed by atoms with E-state index in [0.29, 0.717) is 12.1 Å². The second-order valence-electron chi connectivity index (χ2n) is 6.74. The van der Waals surface area contributed by atoms with Crippen LogP contribution in [0, 0.1) is 0 Å². The third-order valence-corrected chi connectivity index (χ3v) is 4.76. The van der Waals surface area contributed by atoms with Crippen molar-refractivity contribution in [2.75, 3.05) is 0 Å². The molecule has 0 amide bonds. The minimum Gasteiger partial charge on any atom is -0.303 e. The van der Waals surface area contributed by atoms with Crippen molar-refractivity contribution in [1.82, 2.24) is 10.3 Å². The van der Waals surface area contributed by atoms with E-state index in [2.05, 4.69) is 61.4 Å². The second kappa shape index (κ2) is 5.61. The summed E-state index contributed by atoms with van der Waals surface area (Å²) in [5.41, 5.74) is 4.49. The van der Waals surface area contributed by atoms with Gasteiger partial charge in [0.2, 0.25) is 0 Å². The molecule has 0 aliphatic heterocycles. The maximum atomic E-state index is 4.23.